The summed E-state index contributed by atoms with van der Waals surface area (Å²) in [4.78, 5) is 2.13. The van der Waals surface area contributed by atoms with Gasteiger partial charge in [0.2, 0.25) is 0 Å². The molecule has 0 aliphatic rings. The third-order valence-electron chi connectivity index (χ3n) is 1.04. The second-order valence-electron chi connectivity index (χ2n) is 1.76. The first kappa shape index (κ1) is 7.14. The number of rotatable bonds is 1. The molecule has 0 aromatic heterocycles. The van der Waals surface area contributed by atoms with Gasteiger partial charge >= 0.3 is 65.3 Å². The van der Waals surface area contributed by atoms with Crippen molar-refractivity contribution in [2.45, 2.75) is 0 Å². The van der Waals surface area contributed by atoms with Gasteiger partial charge in [0.15, 0.2) is 0 Å². The standard InChI is InChI=1S/C7H6N2Se/c8-5-10-7-3-1-6(9)2-4-7/h1-4H,9H2. The number of hydrogen-bond acceptors (Lipinski definition) is 2. The fraction of sp³-hybridized carbons (Fsp3) is 0. The van der Waals surface area contributed by atoms with Crippen LogP contribution >= 0.6 is 0 Å². The van der Waals surface area contributed by atoms with Crippen LogP contribution in [0.1, 0.15) is 0 Å². The molecule has 0 spiro atoms. The van der Waals surface area contributed by atoms with E-state index in [-0.39, 0.29) is 15.0 Å². The molecule has 0 fully saturated rings. The van der Waals surface area contributed by atoms with E-state index in [0.717, 1.165) is 10.1 Å². The van der Waals surface area contributed by atoms with Crippen molar-refractivity contribution in [2.75, 3.05) is 5.73 Å². The Morgan fingerprint density at radius 1 is 1.30 bits per heavy atom. The first-order valence-electron chi connectivity index (χ1n) is 2.74. The van der Waals surface area contributed by atoms with Gasteiger partial charge in [0.1, 0.15) is 0 Å². The van der Waals surface area contributed by atoms with Gasteiger partial charge in [-0.05, 0) is 0 Å². The van der Waals surface area contributed by atoms with Crippen molar-refractivity contribution in [3.63, 3.8) is 0 Å². The zero-order valence-corrected chi connectivity index (χ0v) is 6.96. The van der Waals surface area contributed by atoms with Gasteiger partial charge in [-0.2, -0.15) is 0 Å². The summed E-state index contributed by atoms with van der Waals surface area (Å²) in [5, 5.41) is 8.34. The normalized spacial score (nSPS) is 8.70. The van der Waals surface area contributed by atoms with Gasteiger partial charge in [0, 0.05) is 0 Å². The van der Waals surface area contributed by atoms with E-state index in [9.17, 15) is 0 Å². The number of benzene rings is 1. The molecule has 0 radical (unpaired) electrons. The molecule has 0 aliphatic carbocycles. The monoisotopic (exact) mass is 198 g/mol. The van der Waals surface area contributed by atoms with Gasteiger partial charge in [-0.15, -0.1) is 0 Å². The van der Waals surface area contributed by atoms with Crippen molar-refractivity contribution in [1.82, 2.24) is 0 Å². The van der Waals surface area contributed by atoms with E-state index in [2.05, 4.69) is 4.97 Å². The second kappa shape index (κ2) is 3.26. The molecule has 1 rings (SSSR count). The van der Waals surface area contributed by atoms with Crippen LogP contribution < -0.4 is 10.2 Å². The van der Waals surface area contributed by atoms with Crippen LogP contribution in [-0.4, -0.2) is 15.0 Å². The Hall–Kier alpha value is -0.971. The Morgan fingerprint density at radius 2 is 1.90 bits per heavy atom. The summed E-state index contributed by atoms with van der Waals surface area (Å²) < 4.78 is 1.07. The summed E-state index contributed by atoms with van der Waals surface area (Å²) in [6, 6.07) is 7.40. The third kappa shape index (κ3) is 1.77. The molecule has 0 unspecified atom stereocenters. The summed E-state index contributed by atoms with van der Waals surface area (Å²) in [6.07, 6.45) is 0. The Morgan fingerprint density at radius 3 is 2.40 bits per heavy atom. The maximum absolute atomic E-state index is 8.34. The van der Waals surface area contributed by atoms with Gasteiger partial charge < -0.3 is 0 Å². The quantitative estimate of drug-likeness (QED) is 0.512. The molecule has 2 N–H and O–H groups in total. The van der Waals surface area contributed by atoms with Gasteiger partial charge in [0.25, 0.3) is 0 Å². The van der Waals surface area contributed by atoms with Crippen molar-refractivity contribution in [2.24, 2.45) is 0 Å². The van der Waals surface area contributed by atoms with Crippen LogP contribution in [0.2, 0.25) is 0 Å². The van der Waals surface area contributed by atoms with E-state index in [4.69, 9.17) is 11.0 Å². The molecule has 1 aromatic rings. The average molecular weight is 197 g/mol. The van der Waals surface area contributed by atoms with Crippen molar-refractivity contribution < 1.29 is 0 Å². The maximum atomic E-state index is 8.34. The van der Waals surface area contributed by atoms with Crippen LogP contribution in [0.5, 0.6) is 0 Å². The van der Waals surface area contributed by atoms with Crippen LogP contribution in [0.25, 0.3) is 0 Å². The van der Waals surface area contributed by atoms with Crippen molar-refractivity contribution in [3.05, 3.63) is 24.3 Å². The molecule has 0 heterocycles. The number of nitriles is 1. The van der Waals surface area contributed by atoms with Gasteiger partial charge in [0.05, 0.1) is 0 Å². The molecule has 2 nitrogen and oxygen atoms in total. The molecule has 0 saturated heterocycles. The molecular weight excluding hydrogens is 191 g/mol. The number of nitrogen functional groups attached to an aromatic ring is 1. The predicted octanol–water partition coefficient (Wildman–Crippen LogP) is 0.0794. The zero-order valence-electron chi connectivity index (χ0n) is 5.24. The minimum absolute atomic E-state index is 0.0479. The molecule has 0 aliphatic heterocycles. The summed E-state index contributed by atoms with van der Waals surface area (Å²) in [6.45, 7) is 0. The molecule has 10 heavy (non-hydrogen) atoms. The first-order valence-corrected chi connectivity index (χ1v) is 4.45. The van der Waals surface area contributed by atoms with Crippen LogP contribution in [0, 0.1) is 10.2 Å². The topological polar surface area (TPSA) is 49.8 Å². The fourth-order valence-corrected chi connectivity index (χ4v) is 1.38. The molecule has 1 aromatic carbocycles. The average Bonchev–Trinajstić information content (AvgIpc) is 1.95. The Bertz CT molecular complexity index is 247. The molecule has 0 atom stereocenters. The SMILES string of the molecule is N#C[Se]c1ccc(N)cc1. The van der Waals surface area contributed by atoms with Crippen molar-refractivity contribution >= 4 is 25.1 Å². The Kier molecular flexibility index (Phi) is 2.33. The summed E-state index contributed by atoms with van der Waals surface area (Å²) in [5.41, 5.74) is 6.19. The summed E-state index contributed by atoms with van der Waals surface area (Å²) >= 11 is -0.0479. The Balaban J connectivity index is 2.81. The molecule has 0 saturated carbocycles. The van der Waals surface area contributed by atoms with E-state index < -0.39 is 0 Å². The second-order valence-corrected chi connectivity index (χ2v) is 3.56. The van der Waals surface area contributed by atoms with E-state index in [1.54, 1.807) is 0 Å². The first-order chi connectivity index (χ1) is 4.83. The molecule has 50 valence electrons. The van der Waals surface area contributed by atoms with Crippen LogP contribution in [0.4, 0.5) is 5.69 Å². The fourth-order valence-electron chi connectivity index (χ4n) is 0.589. The summed E-state index contributed by atoms with van der Waals surface area (Å²) in [7, 11) is 0. The molecule has 0 bridgehead atoms. The van der Waals surface area contributed by atoms with Crippen LogP contribution in [-0.2, 0) is 0 Å². The number of nitrogens with zero attached hydrogens (tertiary/aromatic N) is 1. The van der Waals surface area contributed by atoms with E-state index >= 15 is 0 Å². The molecule has 3 heteroatoms. The molecular formula is C7H6N2Se. The van der Waals surface area contributed by atoms with Gasteiger partial charge in [-0.1, -0.05) is 0 Å². The van der Waals surface area contributed by atoms with E-state index in [0.29, 0.717) is 0 Å². The van der Waals surface area contributed by atoms with Crippen LogP contribution in [0.15, 0.2) is 24.3 Å². The zero-order chi connectivity index (χ0) is 7.40. The van der Waals surface area contributed by atoms with Crippen molar-refractivity contribution in [1.29, 1.82) is 5.26 Å². The number of nitrogens with two attached hydrogens (primary N) is 1. The number of anilines is 1. The third-order valence-corrected chi connectivity index (χ3v) is 2.30. The minimum atomic E-state index is -0.0479. The van der Waals surface area contributed by atoms with Gasteiger partial charge in [-0.25, -0.2) is 0 Å². The number of hydrogen-bond donors (Lipinski definition) is 1. The summed E-state index contributed by atoms with van der Waals surface area (Å²) in [5.74, 6) is 0. The van der Waals surface area contributed by atoms with Gasteiger partial charge in [-0.3, -0.25) is 0 Å². The molecule has 0 amide bonds. The predicted molar refractivity (Wildman–Crippen MR) is 41.9 cm³/mol. The van der Waals surface area contributed by atoms with E-state index in [1.807, 2.05) is 24.3 Å². The van der Waals surface area contributed by atoms with Crippen molar-refractivity contribution in [3.8, 4) is 4.97 Å². The van der Waals surface area contributed by atoms with E-state index in [1.165, 1.54) is 0 Å². The van der Waals surface area contributed by atoms with Crippen LogP contribution in [0.3, 0.4) is 0 Å². The Labute approximate surface area is 65.8 Å².